The van der Waals surface area contributed by atoms with Crippen LogP contribution in [0.25, 0.3) is 22.2 Å². The van der Waals surface area contributed by atoms with Crippen molar-refractivity contribution in [2.75, 3.05) is 30.4 Å². The van der Waals surface area contributed by atoms with Gasteiger partial charge in [0.2, 0.25) is 5.95 Å². The van der Waals surface area contributed by atoms with Crippen molar-refractivity contribution in [1.82, 2.24) is 29.0 Å². The molecule has 12 heteroatoms. The number of rotatable bonds is 4. The summed E-state index contributed by atoms with van der Waals surface area (Å²) < 4.78 is 18.1. The zero-order valence-corrected chi connectivity index (χ0v) is 22.9. The Bertz CT molecular complexity index is 1760. The number of anilines is 3. The number of nitrogens with one attached hydrogen (secondary N) is 1. The molecule has 2 aromatic carbocycles. The third kappa shape index (κ3) is 4.38. The minimum Gasteiger partial charge on any atom is -0.366 e. The molecule has 0 spiro atoms. The molecule has 3 aromatic heterocycles. The van der Waals surface area contributed by atoms with Crippen molar-refractivity contribution in [3.8, 4) is 5.69 Å². The fourth-order valence-corrected chi connectivity index (χ4v) is 5.64. The van der Waals surface area contributed by atoms with Crippen molar-refractivity contribution < 1.29 is 4.39 Å². The first-order chi connectivity index (χ1) is 18.7. The van der Waals surface area contributed by atoms with E-state index in [9.17, 15) is 4.79 Å². The Hall–Kier alpha value is -3.73. The number of halogens is 3. The predicted molar refractivity (Wildman–Crippen MR) is 152 cm³/mol. The number of likely N-dealkylation sites (N-methyl/N-ethyl adjacent to an activating group) is 1. The van der Waals surface area contributed by atoms with Gasteiger partial charge in [-0.15, -0.1) is 0 Å². The zero-order chi connectivity index (χ0) is 27.4. The molecule has 1 aliphatic heterocycles. The highest BCUT2D eigenvalue weighted by molar-refractivity contribution is 6.37. The summed E-state index contributed by atoms with van der Waals surface area (Å²) in [6, 6.07) is 10.6. The molecule has 1 aliphatic rings. The number of fused-ring (bicyclic) bond motifs is 3. The molecular formula is C27H25Cl2FN8O. The summed E-state index contributed by atoms with van der Waals surface area (Å²) in [4.78, 5) is 31.2. The maximum atomic E-state index is 15.2. The van der Waals surface area contributed by atoms with Crippen LogP contribution in [0.15, 0.2) is 59.8 Å². The van der Waals surface area contributed by atoms with E-state index in [1.807, 2.05) is 0 Å². The first-order valence-electron chi connectivity index (χ1n) is 12.5. The normalized spacial score (nSPS) is 18.3. The summed E-state index contributed by atoms with van der Waals surface area (Å²) in [6.07, 6.45) is 4.60. The number of hydrogen-bond acceptors (Lipinski definition) is 7. The Morgan fingerprint density at radius 2 is 1.77 bits per heavy atom. The van der Waals surface area contributed by atoms with Crippen LogP contribution in [0, 0.1) is 5.82 Å². The van der Waals surface area contributed by atoms with Crippen molar-refractivity contribution in [1.29, 1.82) is 0 Å². The van der Waals surface area contributed by atoms with Gasteiger partial charge < -0.3 is 10.2 Å². The molecule has 39 heavy (non-hydrogen) atoms. The summed E-state index contributed by atoms with van der Waals surface area (Å²) in [5, 5.41) is 3.91. The van der Waals surface area contributed by atoms with E-state index in [2.05, 4.69) is 51.0 Å². The van der Waals surface area contributed by atoms with Gasteiger partial charge in [0.05, 0.1) is 21.1 Å². The molecule has 1 N–H and O–H groups in total. The van der Waals surface area contributed by atoms with Crippen molar-refractivity contribution in [3.63, 3.8) is 0 Å². The topological polar surface area (TPSA) is 83.6 Å². The van der Waals surface area contributed by atoms with Gasteiger partial charge in [0, 0.05) is 49.5 Å². The smallest absolute Gasteiger partial charge is 0.281 e. The average Bonchev–Trinajstić information content (AvgIpc) is 3.39. The molecule has 0 aliphatic carbocycles. The molecule has 5 aromatic rings. The van der Waals surface area contributed by atoms with E-state index in [1.165, 1.54) is 16.9 Å². The second kappa shape index (κ2) is 9.78. The number of hydrogen-bond donors (Lipinski definition) is 1. The van der Waals surface area contributed by atoms with E-state index in [4.69, 9.17) is 23.2 Å². The molecule has 200 valence electrons. The highest BCUT2D eigenvalue weighted by Crippen LogP contribution is 2.30. The quantitative estimate of drug-likeness (QED) is 0.322. The van der Waals surface area contributed by atoms with Crippen molar-refractivity contribution in [2.24, 2.45) is 0 Å². The summed E-state index contributed by atoms with van der Waals surface area (Å²) in [5.41, 5.74) is 1.71. The van der Waals surface area contributed by atoms with E-state index < -0.39 is 5.56 Å². The van der Waals surface area contributed by atoms with Crippen LogP contribution >= 0.6 is 23.2 Å². The Balaban J connectivity index is 1.36. The van der Waals surface area contributed by atoms with Gasteiger partial charge in [0.1, 0.15) is 17.0 Å². The summed E-state index contributed by atoms with van der Waals surface area (Å²) >= 11 is 12.8. The molecule has 1 saturated heterocycles. The standard InChI is InChI=1S/C27H25Cl2FN8O/c1-15-13-36(14-16(2)35(15)3)22-8-7-17(11-21(22)30)33-27-32-12-18-23(34-27)25-31-9-10-37(25)38(26(18)39)24-19(28)5-4-6-20(24)29/h4-12,15-16H,13-14H2,1-3H3,(H,32,33,34)/t15-,16+. The van der Waals surface area contributed by atoms with Crippen LogP contribution in [0.2, 0.25) is 10.0 Å². The van der Waals surface area contributed by atoms with E-state index in [-0.39, 0.29) is 17.2 Å². The first kappa shape index (κ1) is 25.5. The van der Waals surface area contributed by atoms with Crippen LogP contribution in [0.5, 0.6) is 0 Å². The van der Waals surface area contributed by atoms with Crippen LogP contribution in [-0.4, -0.2) is 61.3 Å². The zero-order valence-electron chi connectivity index (χ0n) is 21.4. The second-order valence-electron chi connectivity index (χ2n) is 9.80. The molecule has 9 nitrogen and oxygen atoms in total. The number of benzene rings is 2. The van der Waals surface area contributed by atoms with Crippen molar-refractivity contribution in [3.05, 3.63) is 81.2 Å². The Morgan fingerprint density at radius 3 is 2.46 bits per heavy atom. The van der Waals surface area contributed by atoms with E-state index in [0.717, 1.165) is 13.1 Å². The minimum absolute atomic E-state index is 0.203. The van der Waals surface area contributed by atoms with Gasteiger partial charge in [-0.1, -0.05) is 29.3 Å². The lowest BCUT2D eigenvalue weighted by molar-refractivity contribution is 0.169. The molecular weight excluding hydrogens is 542 g/mol. The Morgan fingerprint density at radius 1 is 1.05 bits per heavy atom. The lowest BCUT2D eigenvalue weighted by Gasteiger charge is -2.43. The molecule has 0 bridgehead atoms. The van der Waals surface area contributed by atoms with Crippen LogP contribution in [0.3, 0.4) is 0 Å². The molecule has 0 radical (unpaired) electrons. The summed E-state index contributed by atoms with van der Waals surface area (Å²) in [6.45, 7) is 5.77. The second-order valence-corrected chi connectivity index (χ2v) is 10.6. The minimum atomic E-state index is -0.414. The molecule has 6 rings (SSSR count). The van der Waals surface area contributed by atoms with Gasteiger partial charge in [0.25, 0.3) is 5.56 Å². The Labute approximate surface area is 233 Å². The molecule has 0 saturated carbocycles. The van der Waals surface area contributed by atoms with Crippen molar-refractivity contribution >= 4 is 57.1 Å². The summed E-state index contributed by atoms with van der Waals surface area (Å²) in [5.74, 6) is -0.130. The Kier molecular flexibility index (Phi) is 6.41. The highest BCUT2D eigenvalue weighted by atomic mass is 35.5. The first-order valence-corrected chi connectivity index (χ1v) is 13.2. The van der Waals surface area contributed by atoms with Crippen molar-refractivity contribution in [2.45, 2.75) is 25.9 Å². The third-order valence-corrected chi connectivity index (χ3v) is 7.92. The maximum absolute atomic E-state index is 15.2. The molecule has 2 atom stereocenters. The largest absolute Gasteiger partial charge is 0.366 e. The van der Waals surface area contributed by atoms with Gasteiger partial charge >= 0.3 is 0 Å². The molecule has 1 fully saturated rings. The van der Waals surface area contributed by atoms with Gasteiger partial charge in [-0.3, -0.25) is 9.69 Å². The van der Waals surface area contributed by atoms with Gasteiger partial charge in [0.15, 0.2) is 5.65 Å². The van der Waals surface area contributed by atoms with Crippen LogP contribution < -0.4 is 15.8 Å². The lowest BCUT2D eigenvalue weighted by Crippen LogP contribution is -2.55. The van der Waals surface area contributed by atoms with E-state index in [0.29, 0.717) is 50.4 Å². The SMILES string of the molecule is C[C@@H]1CN(c2ccc(Nc3ncc4c(=O)n(-c5c(Cl)cccc5Cl)n5ccnc5c4n3)cc2F)C[C@H](C)N1C. The van der Waals surface area contributed by atoms with Crippen LogP contribution in [0.4, 0.5) is 21.7 Å². The fraction of sp³-hybridized carbons (Fsp3) is 0.259. The molecule has 4 heterocycles. The van der Waals surface area contributed by atoms with Gasteiger partial charge in [-0.05, 0) is 51.2 Å². The average molecular weight is 567 g/mol. The number of imidazole rings is 1. The van der Waals surface area contributed by atoms with E-state index in [1.54, 1.807) is 47.2 Å². The van der Waals surface area contributed by atoms with E-state index >= 15 is 4.39 Å². The summed E-state index contributed by atoms with van der Waals surface area (Å²) in [7, 11) is 2.10. The number of para-hydroxylation sites is 1. The maximum Gasteiger partial charge on any atom is 0.281 e. The highest BCUT2D eigenvalue weighted by Gasteiger charge is 2.28. The lowest BCUT2D eigenvalue weighted by atomic mass is 10.1. The molecule has 0 unspecified atom stereocenters. The van der Waals surface area contributed by atoms with Crippen LogP contribution in [-0.2, 0) is 0 Å². The van der Waals surface area contributed by atoms with Crippen LogP contribution in [0.1, 0.15) is 13.8 Å². The fourth-order valence-electron chi connectivity index (χ4n) is 5.08. The van der Waals surface area contributed by atoms with Gasteiger partial charge in [-0.2, -0.15) is 0 Å². The number of aromatic nitrogens is 5. The van der Waals surface area contributed by atoms with Gasteiger partial charge in [-0.25, -0.2) is 28.5 Å². The monoisotopic (exact) mass is 566 g/mol. The number of nitrogens with zero attached hydrogens (tertiary/aromatic N) is 7. The number of piperazine rings is 1. The third-order valence-electron chi connectivity index (χ3n) is 7.31. The predicted octanol–water partition coefficient (Wildman–Crippen LogP) is 5.15. The molecule has 0 amide bonds.